The van der Waals surface area contributed by atoms with Crippen LogP contribution >= 0.6 is 11.6 Å². The molecular formula is C29H22ClNO3. The first kappa shape index (κ1) is 23.1. The van der Waals surface area contributed by atoms with Gasteiger partial charge in [-0.15, -0.1) is 0 Å². The molecule has 168 valence electrons. The van der Waals surface area contributed by atoms with Crippen molar-refractivity contribution >= 4 is 34.9 Å². The molecule has 0 spiro atoms. The number of imide groups is 1. The summed E-state index contributed by atoms with van der Waals surface area (Å²) in [5, 5.41) is 0.328. The van der Waals surface area contributed by atoms with E-state index in [1.54, 1.807) is 60.7 Å². The van der Waals surface area contributed by atoms with E-state index in [-0.39, 0.29) is 17.0 Å². The van der Waals surface area contributed by atoms with Crippen molar-refractivity contribution in [2.75, 3.05) is 4.90 Å². The Hall–Kier alpha value is -4.02. The number of aryl methyl sites for hydroxylation is 2. The summed E-state index contributed by atoms with van der Waals surface area (Å²) in [5.74, 6) is -1.37. The second-order valence-electron chi connectivity index (χ2n) is 7.93. The summed E-state index contributed by atoms with van der Waals surface area (Å²) in [4.78, 5) is 42.2. The van der Waals surface area contributed by atoms with Gasteiger partial charge in [-0.25, -0.2) is 4.90 Å². The van der Waals surface area contributed by atoms with Crippen molar-refractivity contribution in [1.29, 1.82) is 0 Å². The average Bonchev–Trinajstić information content (AvgIpc) is 2.85. The molecule has 0 saturated carbocycles. The van der Waals surface area contributed by atoms with Crippen molar-refractivity contribution < 1.29 is 14.4 Å². The molecule has 0 aliphatic rings. The van der Waals surface area contributed by atoms with Gasteiger partial charge in [0.2, 0.25) is 0 Å². The molecule has 0 N–H and O–H groups in total. The number of hydrogen-bond donors (Lipinski definition) is 0. The van der Waals surface area contributed by atoms with Gasteiger partial charge in [0.1, 0.15) is 0 Å². The molecule has 2 amide bonds. The Labute approximate surface area is 203 Å². The standard InChI is InChI=1S/C29H22ClNO3/c1-19-10-6-8-14-23(19)28(33)31(29(34)24-15-9-7-11-20(24)2)26-17-16-22(30)18-25(26)27(32)21-12-4-3-5-13-21/h3-18H,1-2H3. The zero-order chi connectivity index (χ0) is 24.2. The number of rotatable bonds is 5. The van der Waals surface area contributed by atoms with Gasteiger partial charge in [-0.3, -0.25) is 14.4 Å². The molecule has 5 heteroatoms. The number of halogens is 1. The third kappa shape index (κ3) is 4.54. The molecule has 0 bridgehead atoms. The van der Waals surface area contributed by atoms with E-state index in [4.69, 9.17) is 11.6 Å². The van der Waals surface area contributed by atoms with Crippen molar-refractivity contribution in [3.63, 3.8) is 0 Å². The lowest BCUT2D eigenvalue weighted by Gasteiger charge is -2.25. The van der Waals surface area contributed by atoms with Gasteiger partial charge < -0.3 is 0 Å². The lowest BCUT2D eigenvalue weighted by molar-refractivity contribution is 0.0897. The number of benzene rings is 4. The van der Waals surface area contributed by atoms with Gasteiger partial charge >= 0.3 is 0 Å². The van der Waals surface area contributed by atoms with Crippen LogP contribution in [-0.2, 0) is 0 Å². The van der Waals surface area contributed by atoms with E-state index in [2.05, 4.69) is 0 Å². The summed E-state index contributed by atoms with van der Waals surface area (Å²) in [7, 11) is 0. The predicted molar refractivity (Wildman–Crippen MR) is 135 cm³/mol. The largest absolute Gasteiger partial charge is 0.289 e. The molecule has 0 atom stereocenters. The summed E-state index contributed by atoms with van der Waals surface area (Å²) in [6.45, 7) is 3.61. The molecule has 0 unspecified atom stereocenters. The number of amides is 2. The molecule has 0 radical (unpaired) electrons. The maximum atomic E-state index is 13.8. The molecule has 0 fully saturated rings. The normalized spacial score (nSPS) is 10.6. The first-order chi connectivity index (χ1) is 16.4. The van der Waals surface area contributed by atoms with Gasteiger partial charge in [-0.05, 0) is 55.3 Å². The number of ketones is 1. The summed E-state index contributed by atoms with van der Waals surface area (Å²) < 4.78 is 0. The van der Waals surface area contributed by atoms with Crippen molar-refractivity contribution in [3.05, 3.63) is 135 Å². The van der Waals surface area contributed by atoms with Crippen molar-refractivity contribution in [3.8, 4) is 0 Å². The van der Waals surface area contributed by atoms with Gasteiger partial charge in [-0.1, -0.05) is 78.3 Å². The van der Waals surface area contributed by atoms with E-state index in [0.717, 1.165) is 16.0 Å². The van der Waals surface area contributed by atoms with E-state index >= 15 is 0 Å². The molecule has 0 aliphatic carbocycles. The molecule has 4 rings (SSSR count). The minimum Gasteiger partial charge on any atom is -0.289 e. The van der Waals surface area contributed by atoms with E-state index in [0.29, 0.717) is 21.7 Å². The molecule has 4 aromatic rings. The van der Waals surface area contributed by atoms with Gasteiger partial charge in [0.05, 0.1) is 5.69 Å². The Morgan fingerprint density at radius 2 is 1.12 bits per heavy atom. The van der Waals surface area contributed by atoms with Crippen LogP contribution in [0.25, 0.3) is 0 Å². The topological polar surface area (TPSA) is 54.5 Å². The van der Waals surface area contributed by atoms with E-state index in [1.807, 2.05) is 44.2 Å². The molecular weight excluding hydrogens is 446 g/mol. The molecule has 4 nitrogen and oxygen atoms in total. The Morgan fingerprint density at radius 1 is 0.618 bits per heavy atom. The second-order valence-corrected chi connectivity index (χ2v) is 8.37. The van der Waals surface area contributed by atoms with Crippen LogP contribution < -0.4 is 4.90 Å². The Morgan fingerprint density at radius 3 is 1.65 bits per heavy atom. The highest BCUT2D eigenvalue weighted by molar-refractivity contribution is 6.33. The number of nitrogens with zero attached hydrogens (tertiary/aromatic N) is 1. The van der Waals surface area contributed by atoms with E-state index in [1.165, 1.54) is 6.07 Å². The zero-order valence-corrected chi connectivity index (χ0v) is 19.5. The van der Waals surface area contributed by atoms with Crippen LogP contribution in [0.5, 0.6) is 0 Å². The van der Waals surface area contributed by atoms with Crippen LogP contribution in [0.3, 0.4) is 0 Å². The maximum absolute atomic E-state index is 13.8. The lowest BCUT2D eigenvalue weighted by Crippen LogP contribution is -2.39. The zero-order valence-electron chi connectivity index (χ0n) is 18.8. The van der Waals surface area contributed by atoms with Crippen molar-refractivity contribution in [1.82, 2.24) is 0 Å². The van der Waals surface area contributed by atoms with E-state index < -0.39 is 11.8 Å². The smallest absolute Gasteiger partial charge is 0.265 e. The Kier molecular flexibility index (Phi) is 6.71. The highest BCUT2D eigenvalue weighted by Gasteiger charge is 2.31. The number of carbonyl (C=O) groups excluding carboxylic acids is 3. The summed E-state index contributed by atoms with van der Waals surface area (Å²) >= 11 is 6.26. The molecule has 34 heavy (non-hydrogen) atoms. The Balaban J connectivity index is 1.94. The predicted octanol–water partition coefficient (Wildman–Crippen LogP) is 6.68. The van der Waals surface area contributed by atoms with Crippen LogP contribution in [0.2, 0.25) is 5.02 Å². The third-order valence-corrected chi connectivity index (χ3v) is 5.87. The minimum atomic E-state index is -0.518. The maximum Gasteiger partial charge on any atom is 0.265 e. The van der Waals surface area contributed by atoms with Gasteiger partial charge in [0.15, 0.2) is 5.78 Å². The molecule has 0 heterocycles. The second kappa shape index (κ2) is 9.86. The molecule has 0 aliphatic heterocycles. The van der Waals surface area contributed by atoms with Gasteiger partial charge in [0.25, 0.3) is 11.8 Å². The molecule has 4 aromatic carbocycles. The monoisotopic (exact) mass is 467 g/mol. The fraction of sp³-hybridized carbons (Fsp3) is 0.0690. The van der Waals surface area contributed by atoms with Crippen LogP contribution in [0.1, 0.15) is 47.8 Å². The van der Waals surface area contributed by atoms with Crippen LogP contribution in [0.4, 0.5) is 5.69 Å². The summed E-state index contributed by atoms with van der Waals surface area (Å²) in [6.07, 6.45) is 0. The molecule has 0 aromatic heterocycles. The highest BCUT2D eigenvalue weighted by atomic mass is 35.5. The third-order valence-electron chi connectivity index (χ3n) is 5.64. The fourth-order valence-electron chi connectivity index (χ4n) is 3.81. The van der Waals surface area contributed by atoms with Gasteiger partial charge in [-0.2, -0.15) is 0 Å². The lowest BCUT2D eigenvalue weighted by atomic mass is 9.98. The van der Waals surface area contributed by atoms with Crippen LogP contribution in [0.15, 0.2) is 97.1 Å². The first-order valence-electron chi connectivity index (χ1n) is 10.8. The van der Waals surface area contributed by atoms with Gasteiger partial charge in [0, 0.05) is 27.3 Å². The summed E-state index contributed by atoms with van der Waals surface area (Å²) in [5.41, 5.74) is 2.97. The van der Waals surface area contributed by atoms with E-state index in [9.17, 15) is 14.4 Å². The highest BCUT2D eigenvalue weighted by Crippen LogP contribution is 2.30. The van der Waals surface area contributed by atoms with Crippen molar-refractivity contribution in [2.24, 2.45) is 0 Å². The average molecular weight is 468 g/mol. The number of carbonyl (C=O) groups is 3. The number of hydrogen-bond acceptors (Lipinski definition) is 3. The number of anilines is 1. The fourth-order valence-corrected chi connectivity index (χ4v) is 3.98. The van der Waals surface area contributed by atoms with Crippen molar-refractivity contribution in [2.45, 2.75) is 13.8 Å². The Bertz CT molecular complexity index is 1340. The van der Waals surface area contributed by atoms with Crippen LogP contribution in [0, 0.1) is 13.8 Å². The van der Waals surface area contributed by atoms with Crippen LogP contribution in [-0.4, -0.2) is 17.6 Å². The first-order valence-corrected chi connectivity index (χ1v) is 11.2. The quantitative estimate of drug-likeness (QED) is 0.243. The summed E-state index contributed by atoms with van der Waals surface area (Å²) in [6, 6.07) is 27.4. The molecule has 0 saturated heterocycles. The SMILES string of the molecule is Cc1ccccc1C(=O)N(C(=O)c1ccccc1C)c1ccc(Cl)cc1C(=O)c1ccccc1. The minimum absolute atomic E-state index is 0.169.